The summed E-state index contributed by atoms with van der Waals surface area (Å²) in [5.74, 6) is 0.770. The summed E-state index contributed by atoms with van der Waals surface area (Å²) in [6.45, 7) is 5.46. The van der Waals surface area contributed by atoms with E-state index in [4.69, 9.17) is 10.9 Å². The number of amidine groups is 1. The fourth-order valence-electron chi connectivity index (χ4n) is 2.03. The normalized spacial score (nSPS) is 11.4. The Labute approximate surface area is 123 Å². The molecule has 21 heavy (non-hydrogen) atoms. The lowest BCUT2D eigenvalue weighted by Crippen LogP contribution is -2.25. The van der Waals surface area contributed by atoms with Crippen LogP contribution in [-0.4, -0.2) is 27.6 Å². The number of hydrogen-bond donors (Lipinski definition) is 2. The van der Waals surface area contributed by atoms with Gasteiger partial charge in [0.05, 0.1) is 12.2 Å². The van der Waals surface area contributed by atoms with Crippen LogP contribution in [0, 0.1) is 6.92 Å². The highest BCUT2D eigenvalue weighted by Crippen LogP contribution is 2.14. The molecule has 6 nitrogen and oxygen atoms in total. The number of pyridine rings is 2. The number of nitrogens with zero attached hydrogens (tertiary/aromatic N) is 4. The first kappa shape index (κ1) is 14.8. The lowest BCUT2D eigenvalue weighted by Gasteiger charge is -2.22. The fraction of sp³-hybridized carbons (Fsp3) is 0.267. The molecule has 2 rings (SSSR count). The van der Waals surface area contributed by atoms with Crippen molar-refractivity contribution in [3.63, 3.8) is 0 Å². The highest BCUT2D eigenvalue weighted by molar-refractivity contribution is 5.95. The van der Waals surface area contributed by atoms with Gasteiger partial charge in [-0.2, -0.15) is 0 Å². The quantitative estimate of drug-likeness (QED) is 0.379. The Morgan fingerprint density at radius 3 is 2.67 bits per heavy atom. The summed E-state index contributed by atoms with van der Waals surface area (Å²) < 4.78 is 0. The summed E-state index contributed by atoms with van der Waals surface area (Å²) in [4.78, 5) is 11.0. The standard InChI is InChI=1S/C15H19N5O/c1-3-20(10-12-7-4-6-11(2)17-12)14-9-5-8-13(18-14)15(16)19-21/h4-9,21H,3,10H2,1-2H3,(H2,16,19). The molecule has 0 aromatic carbocycles. The van der Waals surface area contributed by atoms with Crippen LogP contribution in [0.4, 0.5) is 5.82 Å². The minimum atomic E-state index is 0.00147. The number of rotatable bonds is 5. The van der Waals surface area contributed by atoms with Crippen molar-refractivity contribution in [2.75, 3.05) is 11.4 Å². The van der Waals surface area contributed by atoms with E-state index >= 15 is 0 Å². The molecule has 2 heterocycles. The van der Waals surface area contributed by atoms with Crippen LogP contribution in [-0.2, 0) is 6.54 Å². The Morgan fingerprint density at radius 1 is 1.24 bits per heavy atom. The topological polar surface area (TPSA) is 87.6 Å². The van der Waals surface area contributed by atoms with E-state index in [0.29, 0.717) is 12.2 Å². The molecule has 0 bridgehead atoms. The zero-order valence-electron chi connectivity index (χ0n) is 12.2. The zero-order valence-corrected chi connectivity index (χ0v) is 12.2. The number of nitrogens with two attached hydrogens (primary N) is 1. The van der Waals surface area contributed by atoms with Crippen molar-refractivity contribution >= 4 is 11.7 Å². The molecule has 0 unspecified atom stereocenters. The Kier molecular flexibility index (Phi) is 4.71. The van der Waals surface area contributed by atoms with Gasteiger partial charge >= 0.3 is 0 Å². The molecule has 0 aliphatic carbocycles. The fourth-order valence-corrected chi connectivity index (χ4v) is 2.03. The lowest BCUT2D eigenvalue weighted by molar-refractivity contribution is 0.318. The van der Waals surface area contributed by atoms with E-state index in [1.807, 2.05) is 44.2 Å². The van der Waals surface area contributed by atoms with Gasteiger partial charge in [0, 0.05) is 12.2 Å². The average Bonchev–Trinajstić information content (AvgIpc) is 2.52. The number of anilines is 1. The number of hydrogen-bond acceptors (Lipinski definition) is 5. The maximum Gasteiger partial charge on any atom is 0.188 e. The molecule has 0 saturated carbocycles. The van der Waals surface area contributed by atoms with Crippen molar-refractivity contribution in [3.8, 4) is 0 Å². The molecular weight excluding hydrogens is 266 g/mol. The monoisotopic (exact) mass is 285 g/mol. The average molecular weight is 285 g/mol. The summed E-state index contributed by atoms with van der Waals surface area (Å²) in [5, 5.41) is 11.7. The molecule has 110 valence electrons. The van der Waals surface area contributed by atoms with Gasteiger partial charge in [0.1, 0.15) is 11.5 Å². The van der Waals surface area contributed by atoms with Crippen molar-refractivity contribution in [3.05, 3.63) is 53.5 Å². The molecule has 2 aromatic heterocycles. The third kappa shape index (κ3) is 3.68. The summed E-state index contributed by atoms with van der Waals surface area (Å²) in [7, 11) is 0. The minimum Gasteiger partial charge on any atom is -0.409 e. The Morgan fingerprint density at radius 2 is 2.00 bits per heavy atom. The summed E-state index contributed by atoms with van der Waals surface area (Å²) in [6.07, 6.45) is 0. The van der Waals surface area contributed by atoms with Gasteiger partial charge in [0.15, 0.2) is 5.84 Å². The molecule has 0 atom stereocenters. The molecular formula is C15H19N5O. The molecule has 0 aliphatic heterocycles. The lowest BCUT2D eigenvalue weighted by atomic mass is 10.2. The Bertz CT molecular complexity index is 641. The van der Waals surface area contributed by atoms with E-state index in [0.717, 1.165) is 23.8 Å². The van der Waals surface area contributed by atoms with Crippen molar-refractivity contribution in [1.29, 1.82) is 0 Å². The van der Waals surface area contributed by atoms with Gasteiger partial charge in [0.2, 0.25) is 0 Å². The SMILES string of the molecule is CCN(Cc1cccc(C)n1)c1cccc(/C(N)=N/O)n1. The van der Waals surface area contributed by atoms with Gasteiger partial charge in [0.25, 0.3) is 0 Å². The van der Waals surface area contributed by atoms with Gasteiger partial charge in [-0.05, 0) is 38.1 Å². The molecule has 0 spiro atoms. The van der Waals surface area contributed by atoms with Crippen molar-refractivity contribution in [2.45, 2.75) is 20.4 Å². The first-order valence-electron chi connectivity index (χ1n) is 6.76. The Hall–Kier alpha value is -2.63. The van der Waals surface area contributed by atoms with Gasteiger partial charge in [-0.25, -0.2) is 4.98 Å². The van der Waals surface area contributed by atoms with Crippen LogP contribution in [0.3, 0.4) is 0 Å². The smallest absolute Gasteiger partial charge is 0.188 e. The highest BCUT2D eigenvalue weighted by Gasteiger charge is 2.10. The van der Waals surface area contributed by atoms with Crippen LogP contribution in [0.5, 0.6) is 0 Å². The van der Waals surface area contributed by atoms with Gasteiger partial charge in [-0.15, -0.1) is 0 Å². The van der Waals surface area contributed by atoms with Crippen LogP contribution in [0.2, 0.25) is 0 Å². The van der Waals surface area contributed by atoms with Gasteiger partial charge in [-0.3, -0.25) is 4.98 Å². The second-order valence-electron chi connectivity index (χ2n) is 4.65. The molecule has 0 fully saturated rings. The number of aryl methyl sites for hydroxylation is 1. The van der Waals surface area contributed by atoms with Crippen LogP contribution in [0.25, 0.3) is 0 Å². The molecule has 2 aromatic rings. The highest BCUT2D eigenvalue weighted by atomic mass is 16.4. The second-order valence-corrected chi connectivity index (χ2v) is 4.65. The maximum atomic E-state index is 8.74. The molecule has 0 radical (unpaired) electrons. The molecule has 0 amide bonds. The molecule has 3 N–H and O–H groups in total. The van der Waals surface area contributed by atoms with Crippen LogP contribution < -0.4 is 10.6 Å². The predicted molar refractivity (Wildman–Crippen MR) is 82.4 cm³/mol. The summed E-state index contributed by atoms with van der Waals surface area (Å²) in [5.41, 5.74) is 8.00. The number of aromatic nitrogens is 2. The van der Waals surface area contributed by atoms with Crippen molar-refractivity contribution in [2.24, 2.45) is 10.9 Å². The first-order valence-corrected chi connectivity index (χ1v) is 6.76. The zero-order chi connectivity index (χ0) is 15.2. The third-order valence-electron chi connectivity index (χ3n) is 3.11. The molecule has 0 aliphatic rings. The predicted octanol–water partition coefficient (Wildman–Crippen LogP) is 1.91. The van der Waals surface area contributed by atoms with E-state index in [2.05, 4.69) is 20.0 Å². The van der Waals surface area contributed by atoms with E-state index in [9.17, 15) is 0 Å². The molecule has 6 heteroatoms. The van der Waals surface area contributed by atoms with Gasteiger partial charge in [-0.1, -0.05) is 17.3 Å². The summed E-state index contributed by atoms with van der Waals surface area (Å²) in [6, 6.07) is 11.4. The van der Waals surface area contributed by atoms with Crippen LogP contribution >= 0.6 is 0 Å². The van der Waals surface area contributed by atoms with Crippen molar-refractivity contribution in [1.82, 2.24) is 9.97 Å². The maximum absolute atomic E-state index is 8.74. The Balaban J connectivity index is 2.25. The van der Waals surface area contributed by atoms with E-state index in [-0.39, 0.29) is 5.84 Å². The van der Waals surface area contributed by atoms with E-state index in [1.165, 1.54) is 0 Å². The van der Waals surface area contributed by atoms with Gasteiger partial charge < -0.3 is 15.8 Å². The van der Waals surface area contributed by atoms with E-state index in [1.54, 1.807) is 6.07 Å². The minimum absolute atomic E-state index is 0.00147. The van der Waals surface area contributed by atoms with Crippen molar-refractivity contribution < 1.29 is 5.21 Å². The van der Waals surface area contributed by atoms with Crippen LogP contribution in [0.1, 0.15) is 24.0 Å². The number of oxime groups is 1. The first-order chi connectivity index (χ1) is 10.1. The molecule has 0 saturated heterocycles. The summed E-state index contributed by atoms with van der Waals surface area (Å²) >= 11 is 0. The second kappa shape index (κ2) is 6.69. The van der Waals surface area contributed by atoms with E-state index < -0.39 is 0 Å². The van der Waals surface area contributed by atoms with Crippen LogP contribution in [0.15, 0.2) is 41.6 Å². The largest absolute Gasteiger partial charge is 0.409 e. The third-order valence-corrected chi connectivity index (χ3v) is 3.11.